The van der Waals surface area contributed by atoms with E-state index in [9.17, 15) is 13.2 Å². The summed E-state index contributed by atoms with van der Waals surface area (Å²) in [5.74, 6) is -2.79. The largest absolute Gasteiger partial charge is 0.367 e. The highest BCUT2D eigenvalue weighted by Gasteiger charge is 2.24. The number of rotatable bonds is 2. The van der Waals surface area contributed by atoms with E-state index in [0.29, 0.717) is 49.0 Å². The third-order valence-electron chi connectivity index (χ3n) is 3.87. The maximum Gasteiger partial charge on any atom is 0.152 e. The van der Waals surface area contributed by atoms with E-state index in [1.54, 1.807) is 6.07 Å². The second-order valence-corrected chi connectivity index (χ2v) is 5.73. The normalized spacial score (nSPS) is 14.6. The van der Waals surface area contributed by atoms with Crippen LogP contribution in [0.25, 0.3) is 0 Å². The van der Waals surface area contributed by atoms with Gasteiger partial charge in [-0.1, -0.05) is 11.6 Å². The molecule has 3 rings (SSSR count). The van der Waals surface area contributed by atoms with E-state index >= 15 is 0 Å². The zero-order valence-electron chi connectivity index (χ0n) is 12.4. The van der Waals surface area contributed by atoms with E-state index in [4.69, 9.17) is 16.9 Å². The number of piperazine rings is 1. The Morgan fingerprint density at radius 2 is 1.58 bits per heavy atom. The van der Waals surface area contributed by atoms with Gasteiger partial charge in [-0.05, 0) is 6.07 Å². The molecule has 0 amide bonds. The summed E-state index contributed by atoms with van der Waals surface area (Å²) in [6, 6.07) is 4.87. The Balaban J connectivity index is 1.79. The molecular formula is C16H12ClF3N4. The Labute approximate surface area is 141 Å². The van der Waals surface area contributed by atoms with Crippen LogP contribution in [0.1, 0.15) is 5.69 Å². The van der Waals surface area contributed by atoms with Crippen molar-refractivity contribution in [1.29, 1.82) is 5.26 Å². The summed E-state index contributed by atoms with van der Waals surface area (Å²) in [6.07, 6.45) is 1.40. The highest BCUT2D eigenvalue weighted by molar-refractivity contribution is 6.33. The Morgan fingerprint density at radius 3 is 2.17 bits per heavy atom. The minimum atomic E-state index is -0.944. The first-order valence-electron chi connectivity index (χ1n) is 7.19. The highest BCUT2D eigenvalue weighted by Crippen LogP contribution is 2.29. The molecule has 2 heterocycles. The lowest BCUT2D eigenvalue weighted by molar-refractivity contribution is 0.529. The predicted molar refractivity (Wildman–Crippen MR) is 84.7 cm³/mol. The molecule has 0 unspecified atom stereocenters. The number of benzene rings is 1. The van der Waals surface area contributed by atoms with Crippen molar-refractivity contribution in [3.63, 3.8) is 0 Å². The Kier molecular flexibility index (Phi) is 4.49. The zero-order chi connectivity index (χ0) is 17.3. The number of nitriles is 1. The van der Waals surface area contributed by atoms with E-state index in [2.05, 4.69) is 4.98 Å². The van der Waals surface area contributed by atoms with Crippen LogP contribution < -0.4 is 9.80 Å². The van der Waals surface area contributed by atoms with E-state index in [0.717, 1.165) is 0 Å². The Bertz CT molecular complexity index is 790. The van der Waals surface area contributed by atoms with Gasteiger partial charge in [0.1, 0.15) is 23.3 Å². The number of anilines is 2. The molecule has 0 radical (unpaired) electrons. The predicted octanol–water partition coefficient (Wildman–Crippen LogP) is 3.35. The van der Waals surface area contributed by atoms with Crippen LogP contribution in [0, 0.1) is 28.8 Å². The van der Waals surface area contributed by atoms with E-state index in [-0.39, 0.29) is 11.4 Å². The van der Waals surface area contributed by atoms with Crippen LogP contribution in [-0.2, 0) is 0 Å². The van der Waals surface area contributed by atoms with Crippen molar-refractivity contribution in [3.8, 4) is 6.07 Å². The molecular weight excluding hydrogens is 341 g/mol. The van der Waals surface area contributed by atoms with E-state index < -0.39 is 17.5 Å². The van der Waals surface area contributed by atoms with Crippen LogP contribution in [0.3, 0.4) is 0 Å². The maximum absolute atomic E-state index is 13.9. The van der Waals surface area contributed by atoms with Crippen molar-refractivity contribution < 1.29 is 13.2 Å². The minimum Gasteiger partial charge on any atom is -0.367 e. The van der Waals surface area contributed by atoms with Crippen molar-refractivity contribution in [3.05, 3.63) is 52.6 Å². The van der Waals surface area contributed by atoms with Gasteiger partial charge < -0.3 is 9.80 Å². The van der Waals surface area contributed by atoms with E-state index in [1.165, 1.54) is 11.1 Å². The van der Waals surface area contributed by atoms with Gasteiger partial charge in [-0.2, -0.15) is 5.26 Å². The second-order valence-electron chi connectivity index (χ2n) is 5.32. The van der Waals surface area contributed by atoms with Crippen LogP contribution in [0.2, 0.25) is 5.02 Å². The lowest BCUT2D eigenvalue weighted by Gasteiger charge is -2.37. The van der Waals surface area contributed by atoms with Gasteiger partial charge in [-0.15, -0.1) is 0 Å². The molecule has 4 nitrogen and oxygen atoms in total. The fraction of sp³-hybridized carbons (Fsp3) is 0.250. The Morgan fingerprint density at radius 1 is 1.00 bits per heavy atom. The molecule has 1 aromatic carbocycles. The number of pyridine rings is 1. The molecule has 1 aliphatic rings. The van der Waals surface area contributed by atoms with Gasteiger partial charge >= 0.3 is 0 Å². The summed E-state index contributed by atoms with van der Waals surface area (Å²) in [7, 11) is 0. The molecule has 8 heteroatoms. The molecule has 1 aliphatic heterocycles. The summed E-state index contributed by atoms with van der Waals surface area (Å²) in [5, 5.41) is 9.33. The first-order chi connectivity index (χ1) is 11.5. The number of nitrogens with zero attached hydrogens (tertiary/aromatic N) is 4. The van der Waals surface area contributed by atoms with Crippen LogP contribution >= 0.6 is 11.6 Å². The van der Waals surface area contributed by atoms with Crippen LogP contribution in [0.15, 0.2) is 24.4 Å². The van der Waals surface area contributed by atoms with Gasteiger partial charge in [0.05, 0.1) is 10.7 Å². The molecule has 0 aliphatic carbocycles. The summed E-state index contributed by atoms with van der Waals surface area (Å²) in [5.41, 5.74) is 0.671. The SMILES string of the molecule is N#Cc1cc(N2CCN(c3c(F)cc(F)cc3F)CC2)c(Cl)cn1. The fourth-order valence-corrected chi connectivity index (χ4v) is 2.96. The first-order valence-corrected chi connectivity index (χ1v) is 7.57. The van der Waals surface area contributed by atoms with Gasteiger partial charge in [0, 0.05) is 44.5 Å². The molecule has 2 aromatic rings. The molecule has 0 atom stereocenters. The second kappa shape index (κ2) is 6.57. The molecule has 1 aromatic heterocycles. The van der Waals surface area contributed by atoms with Crippen LogP contribution in [-0.4, -0.2) is 31.2 Å². The molecule has 24 heavy (non-hydrogen) atoms. The molecule has 0 N–H and O–H groups in total. The van der Waals surface area contributed by atoms with Gasteiger partial charge in [0.25, 0.3) is 0 Å². The standard InChI is InChI=1S/C16H12ClF3N4/c17-12-9-22-11(8-21)7-15(12)23-1-3-24(4-2-23)16-13(19)5-10(18)6-14(16)20/h5-7,9H,1-4H2. The minimum absolute atomic E-state index is 0.227. The lowest BCUT2D eigenvalue weighted by Crippen LogP contribution is -2.47. The van der Waals surface area contributed by atoms with Crippen LogP contribution in [0.4, 0.5) is 24.5 Å². The fourth-order valence-electron chi connectivity index (χ4n) is 2.74. The first kappa shape index (κ1) is 16.4. The molecule has 0 bridgehead atoms. The third-order valence-corrected chi connectivity index (χ3v) is 4.16. The molecule has 0 spiro atoms. The average molecular weight is 353 g/mol. The molecule has 1 saturated heterocycles. The number of hydrogen-bond acceptors (Lipinski definition) is 4. The monoisotopic (exact) mass is 352 g/mol. The number of aromatic nitrogens is 1. The van der Waals surface area contributed by atoms with Gasteiger partial charge in [-0.25, -0.2) is 18.2 Å². The quantitative estimate of drug-likeness (QED) is 0.831. The number of halogens is 4. The lowest BCUT2D eigenvalue weighted by atomic mass is 10.2. The van der Waals surface area contributed by atoms with Crippen LogP contribution in [0.5, 0.6) is 0 Å². The molecule has 0 saturated carbocycles. The summed E-state index contributed by atoms with van der Waals surface area (Å²) in [4.78, 5) is 7.33. The highest BCUT2D eigenvalue weighted by atomic mass is 35.5. The summed E-state index contributed by atoms with van der Waals surface area (Å²) >= 11 is 6.12. The van der Waals surface area contributed by atoms with Crippen molar-refractivity contribution in [2.45, 2.75) is 0 Å². The van der Waals surface area contributed by atoms with Crippen molar-refractivity contribution in [1.82, 2.24) is 4.98 Å². The molecule has 124 valence electrons. The van der Waals surface area contributed by atoms with Gasteiger partial charge in [-0.3, -0.25) is 0 Å². The Hall–Kier alpha value is -2.46. The van der Waals surface area contributed by atoms with Gasteiger partial charge in [0.15, 0.2) is 11.6 Å². The summed E-state index contributed by atoms with van der Waals surface area (Å²) < 4.78 is 40.8. The van der Waals surface area contributed by atoms with E-state index in [1.807, 2.05) is 11.0 Å². The average Bonchev–Trinajstić information content (AvgIpc) is 2.55. The zero-order valence-corrected chi connectivity index (χ0v) is 13.2. The van der Waals surface area contributed by atoms with Gasteiger partial charge in [0.2, 0.25) is 0 Å². The summed E-state index contributed by atoms with van der Waals surface area (Å²) in [6.45, 7) is 1.57. The topological polar surface area (TPSA) is 43.2 Å². The van der Waals surface area contributed by atoms with Crippen molar-refractivity contribution in [2.24, 2.45) is 0 Å². The molecule has 1 fully saturated rings. The maximum atomic E-state index is 13.9. The van der Waals surface area contributed by atoms with Crippen molar-refractivity contribution in [2.75, 3.05) is 36.0 Å². The third kappa shape index (κ3) is 3.10. The number of hydrogen-bond donors (Lipinski definition) is 0. The van der Waals surface area contributed by atoms with Crippen molar-refractivity contribution >= 4 is 23.0 Å². The smallest absolute Gasteiger partial charge is 0.152 e.